The molecule has 0 fully saturated rings. The average molecular weight is 547 g/mol. The van der Waals surface area contributed by atoms with E-state index >= 15 is 0 Å². The van der Waals surface area contributed by atoms with E-state index in [1.54, 1.807) is 38.1 Å². The van der Waals surface area contributed by atoms with E-state index in [-0.39, 0.29) is 23.7 Å². The maximum Gasteiger partial charge on any atom is 0.343 e. The highest BCUT2D eigenvalue weighted by Crippen LogP contribution is 2.22. The van der Waals surface area contributed by atoms with Crippen molar-refractivity contribution in [2.45, 2.75) is 26.6 Å². The molecule has 3 aromatic rings. The first-order valence-corrected chi connectivity index (χ1v) is 12.3. The Labute approximate surface area is 232 Å². The minimum Gasteiger partial charge on any atom is -0.493 e. The van der Waals surface area contributed by atoms with E-state index in [2.05, 4.69) is 13.2 Å². The second kappa shape index (κ2) is 14.3. The van der Waals surface area contributed by atoms with Crippen LogP contribution in [0.3, 0.4) is 0 Å². The zero-order valence-corrected chi connectivity index (χ0v) is 22.3. The summed E-state index contributed by atoms with van der Waals surface area (Å²) in [5.41, 5.74) is 1.40. The molecule has 3 aromatic carbocycles. The quantitative estimate of drug-likeness (QED) is 0.0762. The van der Waals surface area contributed by atoms with Crippen molar-refractivity contribution in [3.63, 3.8) is 0 Å². The SMILES string of the molecule is C=C(C)C(=O)OCCCOc1ccc(C(=O)Oc2ccc(OC(=O)c3ccc(OC(O)C(=C)C)cc3)cc2)cc1. The Kier molecular flexibility index (Phi) is 10.6. The minimum absolute atomic E-state index is 0.221. The van der Waals surface area contributed by atoms with Crippen molar-refractivity contribution in [2.24, 2.45) is 0 Å². The van der Waals surface area contributed by atoms with Crippen molar-refractivity contribution in [3.8, 4) is 23.0 Å². The van der Waals surface area contributed by atoms with Crippen molar-refractivity contribution in [3.05, 3.63) is 108 Å². The molecule has 0 aliphatic heterocycles. The van der Waals surface area contributed by atoms with E-state index in [1.807, 2.05) is 0 Å². The highest BCUT2D eigenvalue weighted by Gasteiger charge is 2.13. The smallest absolute Gasteiger partial charge is 0.343 e. The largest absolute Gasteiger partial charge is 0.493 e. The summed E-state index contributed by atoms with van der Waals surface area (Å²) in [5.74, 6) is -0.132. The van der Waals surface area contributed by atoms with Gasteiger partial charge in [0, 0.05) is 12.0 Å². The molecule has 9 nitrogen and oxygen atoms in total. The number of aliphatic hydroxyl groups excluding tert-OH is 1. The zero-order chi connectivity index (χ0) is 29.1. The number of rotatable bonds is 13. The first-order chi connectivity index (χ1) is 19.1. The van der Waals surface area contributed by atoms with E-state index in [9.17, 15) is 19.5 Å². The minimum atomic E-state index is -1.14. The number of esters is 3. The van der Waals surface area contributed by atoms with Gasteiger partial charge in [-0.1, -0.05) is 13.2 Å². The summed E-state index contributed by atoms with van der Waals surface area (Å²) in [4.78, 5) is 36.3. The van der Waals surface area contributed by atoms with Gasteiger partial charge >= 0.3 is 17.9 Å². The number of hydrogen-bond acceptors (Lipinski definition) is 9. The summed E-state index contributed by atoms with van der Waals surface area (Å²) in [6, 6.07) is 18.5. The van der Waals surface area contributed by atoms with E-state index in [0.29, 0.717) is 41.2 Å². The molecule has 1 atom stereocenters. The van der Waals surface area contributed by atoms with Crippen molar-refractivity contribution in [1.82, 2.24) is 0 Å². The third-order valence-corrected chi connectivity index (χ3v) is 5.23. The number of benzene rings is 3. The van der Waals surface area contributed by atoms with Gasteiger partial charge in [-0.05, 0) is 92.2 Å². The van der Waals surface area contributed by atoms with Crippen LogP contribution in [-0.2, 0) is 9.53 Å². The van der Waals surface area contributed by atoms with Crippen LogP contribution in [0.5, 0.6) is 23.0 Å². The fourth-order valence-electron chi connectivity index (χ4n) is 3.03. The molecule has 208 valence electrons. The highest BCUT2D eigenvalue weighted by molar-refractivity contribution is 5.92. The summed E-state index contributed by atoms with van der Waals surface area (Å²) in [7, 11) is 0. The third-order valence-electron chi connectivity index (χ3n) is 5.23. The van der Waals surface area contributed by atoms with Crippen molar-refractivity contribution in [2.75, 3.05) is 13.2 Å². The highest BCUT2D eigenvalue weighted by atomic mass is 16.6. The second-order valence-corrected chi connectivity index (χ2v) is 8.73. The van der Waals surface area contributed by atoms with Crippen molar-refractivity contribution >= 4 is 17.9 Å². The van der Waals surface area contributed by atoms with Gasteiger partial charge in [0.2, 0.25) is 6.29 Å². The lowest BCUT2D eigenvalue weighted by Crippen LogP contribution is -2.16. The molecule has 0 aliphatic carbocycles. The van der Waals surface area contributed by atoms with E-state index in [4.69, 9.17) is 23.7 Å². The molecule has 1 N–H and O–H groups in total. The Morgan fingerprint density at radius 2 is 1.15 bits per heavy atom. The lowest BCUT2D eigenvalue weighted by Gasteiger charge is -2.13. The number of hydrogen-bond donors (Lipinski definition) is 1. The standard InChI is InChI=1S/C31H30O9/c1-20(2)28(32)37-19-5-18-36-24-10-6-22(7-11-24)30(34)39-26-14-16-27(17-15-26)40-31(35)23-8-12-25(13-9-23)38-29(33)21(3)4/h6-17,29,33H,1,3,5,18-19H2,2,4H3. The fraction of sp³-hybridized carbons (Fsp3) is 0.194. The normalized spacial score (nSPS) is 11.1. The average Bonchev–Trinajstić information content (AvgIpc) is 2.94. The van der Waals surface area contributed by atoms with Crippen LogP contribution in [0.25, 0.3) is 0 Å². The third kappa shape index (κ3) is 9.14. The second-order valence-electron chi connectivity index (χ2n) is 8.73. The summed E-state index contributed by atoms with van der Waals surface area (Å²) < 4.78 is 26.6. The number of aliphatic hydroxyl groups is 1. The summed E-state index contributed by atoms with van der Waals surface area (Å²) >= 11 is 0. The molecule has 9 heteroatoms. The first-order valence-electron chi connectivity index (χ1n) is 12.3. The summed E-state index contributed by atoms with van der Waals surface area (Å²) in [6.45, 7) is 10.9. The van der Waals surface area contributed by atoms with Crippen LogP contribution in [0.4, 0.5) is 0 Å². The molecule has 0 radical (unpaired) electrons. The van der Waals surface area contributed by atoms with Crippen LogP contribution in [0, 0.1) is 0 Å². The van der Waals surface area contributed by atoms with Crippen molar-refractivity contribution < 1.29 is 43.2 Å². The molecule has 0 saturated heterocycles. The Morgan fingerprint density at radius 1 is 0.700 bits per heavy atom. The van der Waals surface area contributed by atoms with Gasteiger partial charge in [-0.15, -0.1) is 0 Å². The van der Waals surface area contributed by atoms with Crippen molar-refractivity contribution in [1.29, 1.82) is 0 Å². The molecule has 0 bridgehead atoms. The Bertz CT molecular complexity index is 1340. The van der Waals surface area contributed by atoms with Gasteiger partial charge in [0.25, 0.3) is 0 Å². The fourth-order valence-corrected chi connectivity index (χ4v) is 3.03. The predicted molar refractivity (Wildman–Crippen MR) is 147 cm³/mol. The van der Waals surface area contributed by atoms with Gasteiger partial charge in [-0.3, -0.25) is 0 Å². The number of carbonyl (C=O) groups is 3. The molecule has 0 spiro atoms. The monoisotopic (exact) mass is 546 g/mol. The van der Waals surface area contributed by atoms with Crippen LogP contribution >= 0.6 is 0 Å². The van der Waals surface area contributed by atoms with Crippen LogP contribution in [0.15, 0.2) is 97.1 Å². The maximum atomic E-state index is 12.5. The molecule has 0 heterocycles. The molecule has 0 aliphatic rings. The van der Waals surface area contributed by atoms with Gasteiger partial charge < -0.3 is 28.8 Å². The van der Waals surface area contributed by atoms with Gasteiger partial charge in [0.05, 0.1) is 24.3 Å². The predicted octanol–water partition coefficient (Wildman–Crippen LogP) is 5.29. The van der Waals surface area contributed by atoms with E-state index < -0.39 is 24.2 Å². The molecule has 0 amide bonds. The maximum absolute atomic E-state index is 12.5. The number of carbonyl (C=O) groups excluding carboxylic acids is 3. The lowest BCUT2D eigenvalue weighted by atomic mass is 10.2. The van der Waals surface area contributed by atoms with Crippen LogP contribution < -0.4 is 18.9 Å². The van der Waals surface area contributed by atoms with E-state index in [1.165, 1.54) is 48.5 Å². The molecular weight excluding hydrogens is 516 g/mol. The van der Waals surface area contributed by atoms with Crippen LogP contribution in [-0.4, -0.2) is 42.5 Å². The van der Waals surface area contributed by atoms with Gasteiger partial charge in [0.15, 0.2) is 0 Å². The zero-order valence-electron chi connectivity index (χ0n) is 22.3. The molecule has 0 aromatic heterocycles. The van der Waals surface area contributed by atoms with E-state index in [0.717, 1.165) is 0 Å². The Morgan fingerprint density at radius 3 is 1.60 bits per heavy atom. The first kappa shape index (κ1) is 29.7. The molecule has 0 saturated carbocycles. The lowest BCUT2D eigenvalue weighted by molar-refractivity contribution is -0.139. The Balaban J connectivity index is 1.45. The Hall–Kier alpha value is -4.89. The molecule has 1 unspecified atom stereocenters. The summed E-state index contributed by atoms with van der Waals surface area (Å²) in [6.07, 6.45) is -0.627. The molecule has 40 heavy (non-hydrogen) atoms. The van der Waals surface area contributed by atoms with Crippen LogP contribution in [0.1, 0.15) is 41.0 Å². The number of ether oxygens (including phenoxy) is 5. The van der Waals surface area contributed by atoms with Gasteiger partial charge in [-0.25, -0.2) is 14.4 Å². The topological polar surface area (TPSA) is 118 Å². The van der Waals surface area contributed by atoms with Gasteiger partial charge in [0.1, 0.15) is 23.0 Å². The molecule has 3 rings (SSSR count). The molecular formula is C31H30O9. The van der Waals surface area contributed by atoms with Crippen LogP contribution in [0.2, 0.25) is 0 Å². The summed E-state index contributed by atoms with van der Waals surface area (Å²) in [5, 5.41) is 9.71. The van der Waals surface area contributed by atoms with Gasteiger partial charge in [-0.2, -0.15) is 0 Å².